The van der Waals surface area contributed by atoms with Crippen LogP contribution in [0.1, 0.15) is 22.8 Å². The maximum Gasteiger partial charge on any atom is 0.335 e. The molecule has 5 heteroatoms. The summed E-state index contributed by atoms with van der Waals surface area (Å²) in [5, 5.41) is 11.5. The first-order chi connectivity index (χ1) is 8.00. The van der Waals surface area contributed by atoms with E-state index in [1.54, 1.807) is 19.1 Å². The number of hydrogen-bond acceptors (Lipinski definition) is 3. The van der Waals surface area contributed by atoms with Crippen LogP contribution in [-0.4, -0.2) is 29.6 Å². The Balaban J connectivity index is 2.50. The molecule has 0 bridgehead atoms. The third-order valence-electron chi connectivity index (χ3n) is 2.30. The van der Waals surface area contributed by atoms with Gasteiger partial charge in [-0.1, -0.05) is 12.1 Å². The molecule has 1 amide bonds. The van der Waals surface area contributed by atoms with E-state index in [0.29, 0.717) is 13.0 Å². The molecule has 1 rings (SSSR count). The van der Waals surface area contributed by atoms with Crippen LogP contribution in [0.5, 0.6) is 0 Å². The maximum absolute atomic E-state index is 11.2. The van der Waals surface area contributed by atoms with Gasteiger partial charge in [0.25, 0.3) is 0 Å². The number of carbonyl (C=O) groups is 2. The molecule has 1 aromatic carbocycles. The minimum atomic E-state index is -0.952. The highest BCUT2D eigenvalue weighted by atomic mass is 16.4. The lowest BCUT2D eigenvalue weighted by Gasteiger charge is -2.07. The monoisotopic (exact) mass is 236 g/mol. The summed E-state index contributed by atoms with van der Waals surface area (Å²) in [6.45, 7) is 2.06. The van der Waals surface area contributed by atoms with E-state index in [-0.39, 0.29) is 11.5 Å². The van der Waals surface area contributed by atoms with Crippen LogP contribution in [0.4, 0.5) is 0 Å². The minimum Gasteiger partial charge on any atom is -0.478 e. The molecule has 1 aromatic rings. The van der Waals surface area contributed by atoms with Gasteiger partial charge in [0, 0.05) is 6.54 Å². The topological polar surface area (TPSA) is 92.4 Å². The minimum absolute atomic E-state index is 0.209. The fourth-order valence-corrected chi connectivity index (χ4v) is 1.35. The molecule has 0 fully saturated rings. The van der Waals surface area contributed by atoms with Crippen LogP contribution in [0, 0.1) is 0 Å². The molecule has 4 N–H and O–H groups in total. The molecule has 0 aromatic heterocycles. The smallest absolute Gasteiger partial charge is 0.335 e. The number of rotatable bonds is 5. The summed E-state index contributed by atoms with van der Waals surface area (Å²) in [7, 11) is 0. The molecule has 0 unspecified atom stereocenters. The summed E-state index contributed by atoms with van der Waals surface area (Å²) in [5.74, 6) is -1.16. The highest BCUT2D eigenvalue weighted by Crippen LogP contribution is 2.05. The molecule has 0 saturated carbocycles. The second-order valence-electron chi connectivity index (χ2n) is 3.84. The highest BCUT2D eigenvalue weighted by molar-refractivity contribution is 5.87. The lowest BCUT2D eigenvalue weighted by atomic mass is 10.1. The third kappa shape index (κ3) is 4.24. The lowest BCUT2D eigenvalue weighted by molar-refractivity contribution is -0.121. The molecule has 0 radical (unpaired) electrons. The van der Waals surface area contributed by atoms with Crippen LogP contribution < -0.4 is 11.1 Å². The second kappa shape index (κ2) is 6.00. The van der Waals surface area contributed by atoms with Gasteiger partial charge < -0.3 is 16.2 Å². The number of carboxylic acid groups (broad SMARTS) is 1. The van der Waals surface area contributed by atoms with Crippen LogP contribution >= 0.6 is 0 Å². The first kappa shape index (κ1) is 13.2. The van der Waals surface area contributed by atoms with Crippen LogP contribution in [0.15, 0.2) is 24.3 Å². The summed E-state index contributed by atoms with van der Waals surface area (Å²) < 4.78 is 0. The molecular weight excluding hydrogens is 220 g/mol. The van der Waals surface area contributed by atoms with Gasteiger partial charge in [-0.3, -0.25) is 4.79 Å². The Labute approximate surface area is 99.6 Å². The van der Waals surface area contributed by atoms with E-state index >= 15 is 0 Å². The number of nitrogens with one attached hydrogen (secondary N) is 1. The van der Waals surface area contributed by atoms with Gasteiger partial charge in [0.1, 0.15) is 0 Å². The Morgan fingerprint density at radius 2 is 2.18 bits per heavy atom. The maximum atomic E-state index is 11.2. The number of carbonyl (C=O) groups excluding carboxylic acids is 1. The van der Waals surface area contributed by atoms with Gasteiger partial charge in [-0.25, -0.2) is 4.79 Å². The van der Waals surface area contributed by atoms with Crippen LogP contribution in [-0.2, 0) is 11.2 Å². The van der Waals surface area contributed by atoms with Crippen molar-refractivity contribution in [2.75, 3.05) is 6.54 Å². The molecule has 0 saturated heterocycles. The zero-order valence-corrected chi connectivity index (χ0v) is 9.64. The SMILES string of the molecule is C[C@H](N)C(=O)NCCc1cccc(C(=O)O)c1. The van der Waals surface area contributed by atoms with Gasteiger partial charge in [0.05, 0.1) is 11.6 Å². The van der Waals surface area contributed by atoms with E-state index in [0.717, 1.165) is 5.56 Å². The van der Waals surface area contributed by atoms with Gasteiger partial charge in [0.2, 0.25) is 5.91 Å². The Kier molecular flexibility index (Phi) is 4.66. The van der Waals surface area contributed by atoms with E-state index in [9.17, 15) is 9.59 Å². The molecule has 0 aliphatic rings. The predicted molar refractivity (Wildman–Crippen MR) is 63.8 cm³/mol. The van der Waals surface area contributed by atoms with E-state index in [2.05, 4.69) is 5.32 Å². The largest absolute Gasteiger partial charge is 0.478 e. The van der Waals surface area contributed by atoms with E-state index in [4.69, 9.17) is 10.8 Å². The van der Waals surface area contributed by atoms with Gasteiger partial charge in [-0.05, 0) is 31.0 Å². The van der Waals surface area contributed by atoms with E-state index in [1.165, 1.54) is 6.07 Å². The fraction of sp³-hybridized carbons (Fsp3) is 0.333. The van der Waals surface area contributed by atoms with Gasteiger partial charge in [0.15, 0.2) is 0 Å². The Morgan fingerprint density at radius 3 is 2.76 bits per heavy atom. The van der Waals surface area contributed by atoms with Crippen molar-refractivity contribution in [1.29, 1.82) is 0 Å². The quantitative estimate of drug-likeness (QED) is 0.689. The summed E-state index contributed by atoms with van der Waals surface area (Å²) >= 11 is 0. The molecule has 0 heterocycles. The molecule has 1 atom stereocenters. The van der Waals surface area contributed by atoms with Crippen molar-refractivity contribution in [1.82, 2.24) is 5.32 Å². The van der Waals surface area contributed by atoms with Crippen molar-refractivity contribution in [3.63, 3.8) is 0 Å². The van der Waals surface area contributed by atoms with Crippen molar-refractivity contribution in [2.24, 2.45) is 5.73 Å². The van der Waals surface area contributed by atoms with Crippen molar-refractivity contribution in [2.45, 2.75) is 19.4 Å². The average Bonchev–Trinajstić information content (AvgIpc) is 2.29. The summed E-state index contributed by atoms with van der Waals surface area (Å²) in [6.07, 6.45) is 0.583. The second-order valence-corrected chi connectivity index (χ2v) is 3.84. The first-order valence-corrected chi connectivity index (χ1v) is 5.36. The number of nitrogens with two attached hydrogens (primary N) is 1. The van der Waals surface area contributed by atoms with Gasteiger partial charge >= 0.3 is 5.97 Å². The zero-order valence-electron chi connectivity index (χ0n) is 9.64. The van der Waals surface area contributed by atoms with Crippen molar-refractivity contribution in [3.8, 4) is 0 Å². The molecule has 92 valence electrons. The highest BCUT2D eigenvalue weighted by Gasteiger charge is 2.06. The van der Waals surface area contributed by atoms with E-state index in [1.807, 2.05) is 6.07 Å². The molecule has 17 heavy (non-hydrogen) atoms. The van der Waals surface area contributed by atoms with Crippen molar-refractivity contribution in [3.05, 3.63) is 35.4 Å². The third-order valence-corrected chi connectivity index (χ3v) is 2.30. The number of carboxylic acids is 1. The summed E-state index contributed by atoms with van der Waals surface area (Å²) in [6, 6.07) is 6.11. The Bertz CT molecular complexity index is 416. The number of amides is 1. The van der Waals surface area contributed by atoms with Crippen LogP contribution in [0.2, 0.25) is 0 Å². The molecule has 0 spiro atoms. The lowest BCUT2D eigenvalue weighted by Crippen LogP contribution is -2.39. The van der Waals surface area contributed by atoms with Crippen LogP contribution in [0.3, 0.4) is 0 Å². The number of benzene rings is 1. The number of hydrogen-bond donors (Lipinski definition) is 3. The fourth-order valence-electron chi connectivity index (χ4n) is 1.35. The van der Waals surface area contributed by atoms with Crippen molar-refractivity contribution >= 4 is 11.9 Å². The first-order valence-electron chi connectivity index (χ1n) is 5.36. The van der Waals surface area contributed by atoms with Gasteiger partial charge in [-0.2, -0.15) is 0 Å². The predicted octanol–water partition coefficient (Wildman–Crippen LogP) is 0.391. The van der Waals surface area contributed by atoms with Crippen LogP contribution in [0.25, 0.3) is 0 Å². The Hall–Kier alpha value is -1.88. The molecule has 0 aliphatic heterocycles. The summed E-state index contributed by atoms with van der Waals surface area (Å²) in [4.78, 5) is 21.9. The summed E-state index contributed by atoms with van der Waals surface area (Å²) in [5.41, 5.74) is 6.51. The van der Waals surface area contributed by atoms with Crippen molar-refractivity contribution < 1.29 is 14.7 Å². The van der Waals surface area contributed by atoms with E-state index < -0.39 is 12.0 Å². The zero-order chi connectivity index (χ0) is 12.8. The average molecular weight is 236 g/mol. The molecule has 5 nitrogen and oxygen atoms in total. The normalized spacial score (nSPS) is 11.9. The standard InChI is InChI=1S/C12H16N2O3/c1-8(13)11(15)14-6-5-9-3-2-4-10(7-9)12(16)17/h2-4,7-8H,5-6,13H2,1H3,(H,14,15)(H,16,17)/t8-/m0/s1. The Morgan fingerprint density at radius 1 is 1.47 bits per heavy atom. The molecule has 0 aliphatic carbocycles. The number of aromatic carboxylic acids is 1. The van der Waals surface area contributed by atoms with Gasteiger partial charge in [-0.15, -0.1) is 0 Å². The molecular formula is C12H16N2O3.